The first-order valence-electron chi connectivity index (χ1n) is 6.31. The molecule has 0 amide bonds. The summed E-state index contributed by atoms with van der Waals surface area (Å²) in [5, 5.41) is 0. The van der Waals surface area contributed by atoms with Crippen molar-refractivity contribution in [2.45, 2.75) is 58.3 Å². The molecule has 2 rings (SSSR count). The van der Waals surface area contributed by atoms with Gasteiger partial charge in [0.25, 0.3) is 0 Å². The second kappa shape index (κ2) is 4.46. The Bertz CT molecular complexity index is 209. The number of Topliss-reactive ketones (excluding diaryl/α,β-unsaturated/α-hetero) is 1. The van der Waals surface area contributed by atoms with E-state index in [1.807, 2.05) is 0 Å². The predicted molar refractivity (Wildman–Crippen MR) is 58.1 cm³/mol. The maximum Gasteiger partial charge on any atom is 0.133 e. The van der Waals surface area contributed by atoms with E-state index in [0.29, 0.717) is 5.78 Å². The first-order chi connectivity index (χ1) is 6.79. The number of hydrogen-bond acceptors (Lipinski definition) is 1. The van der Waals surface area contributed by atoms with Crippen LogP contribution in [0.5, 0.6) is 0 Å². The van der Waals surface area contributed by atoms with Crippen LogP contribution >= 0.6 is 0 Å². The summed E-state index contributed by atoms with van der Waals surface area (Å²) in [4.78, 5) is 11.6. The van der Waals surface area contributed by atoms with E-state index in [2.05, 4.69) is 6.92 Å². The Balaban J connectivity index is 1.73. The summed E-state index contributed by atoms with van der Waals surface area (Å²) in [5.74, 6) is 3.22. The molecule has 3 unspecified atom stereocenters. The van der Waals surface area contributed by atoms with E-state index in [9.17, 15) is 4.79 Å². The molecule has 1 nitrogen and oxygen atoms in total. The maximum absolute atomic E-state index is 11.6. The van der Waals surface area contributed by atoms with E-state index in [0.717, 1.165) is 43.4 Å². The van der Waals surface area contributed by atoms with E-state index in [1.165, 1.54) is 25.7 Å². The smallest absolute Gasteiger partial charge is 0.133 e. The predicted octanol–water partition coefficient (Wildman–Crippen LogP) is 3.57. The van der Waals surface area contributed by atoms with E-state index < -0.39 is 0 Å². The molecule has 0 aromatic heterocycles. The summed E-state index contributed by atoms with van der Waals surface area (Å²) in [5.41, 5.74) is 0. The molecular formula is C13H22O. The average molecular weight is 194 g/mol. The lowest BCUT2D eigenvalue weighted by atomic mass is 9.84. The minimum atomic E-state index is 0.532. The van der Waals surface area contributed by atoms with Crippen molar-refractivity contribution in [2.75, 3.05) is 0 Å². The Morgan fingerprint density at radius 1 is 1.29 bits per heavy atom. The molecule has 0 aromatic carbocycles. The van der Waals surface area contributed by atoms with Crippen molar-refractivity contribution < 1.29 is 4.79 Å². The van der Waals surface area contributed by atoms with Crippen LogP contribution in [0.4, 0.5) is 0 Å². The van der Waals surface area contributed by atoms with Gasteiger partial charge in [-0.1, -0.05) is 19.8 Å². The SMILES string of the molecule is CCCCC(=O)CC1CC2CCC1C2. The summed E-state index contributed by atoms with van der Waals surface area (Å²) in [7, 11) is 0. The number of carbonyl (C=O) groups excluding carboxylic acids is 1. The zero-order valence-electron chi connectivity index (χ0n) is 9.30. The van der Waals surface area contributed by atoms with E-state index in [4.69, 9.17) is 0 Å². The third-order valence-electron chi connectivity index (χ3n) is 4.18. The number of ketones is 1. The Labute approximate surface area is 87.3 Å². The number of carbonyl (C=O) groups is 1. The molecule has 0 aliphatic heterocycles. The summed E-state index contributed by atoms with van der Waals surface area (Å²) in [6.45, 7) is 2.16. The highest BCUT2D eigenvalue weighted by Crippen LogP contribution is 2.49. The first kappa shape index (κ1) is 10.2. The second-order valence-corrected chi connectivity index (χ2v) is 5.28. The van der Waals surface area contributed by atoms with Crippen LogP contribution in [-0.2, 0) is 4.79 Å². The lowest BCUT2D eigenvalue weighted by Crippen LogP contribution is -2.15. The topological polar surface area (TPSA) is 17.1 Å². The van der Waals surface area contributed by atoms with Crippen LogP contribution in [0.2, 0.25) is 0 Å². The second-order valence-electron chi connectivity index (χ2n) is 5.28. The molecule has 1 heteroatoms. The minimum Gasteiger partial charge on any atom is -0.300 e. The zero-order chi connectivity index (χ0) is 9.97. The van der Waals surface area contributed by atoms with Crippen molar-refractivity contribution in [2.24, 2.45) is 17.8 Å². The highest BCUT2D eigenvalue weighted by atomic mass is 16.1. The van der Waals surface area contributed by atoms with Gasteiger partial charge in [0.2, 0.25) is 0 Å². The molecule has 0 saturated heterocycles. The molecule has 2 saturated carbocycles. The van der Waals surface area contributed by atoms with Crippen LogP contribution in [-0.4, -0.2) is 5.78 Å². The summed E-state index contributed by atoms with van der Waals surface area (Å²) in [6.07, 6.45) is 9.66. The Morgan fingerprint density at radius 2 is 2.14 bits per heavy atom. The van der Waals surface area contributed by atoms with Crippen LogP contribution in [0.25, 0.3) is 0 Å². The highest BCUT2D eigenvalue weighted by molar-refractivity contribution is 5.78. The Hall–Kier alpha value is -0.330. The summed E-state index contributed by atoms with van der Waals surface area (Å²) >= 11 is 0. The van der Waals surface area contributed by atoms with Crippen LogP contribution in [0, 0.1) is 17.8 Å². The van der Waals surface area contributed by atoms with Gasteiger partial charge in [0.1, 0.15) is 5.78 Å². The highest BCUT2D eigenvalue weighted by Gasteiger charge is 2.39. The number of unbranched alkanes of at least 4 members (excludes halogenated alkanes) is 1. The molecule has 80 valence electrons. The molecular weight excluding hydrogens is 172 g/mol. The lowest BCUT2D eigenvalue weighted by Gasteiger charge is -2.20. The van der Waals surface area contributed by atoms with Gasteiger partial charge in [-0.25, -0.2) is 0 Å². The van der Waals surface area contributed by atoms with E-state index in [1.54, 1.807) is 0 Å². The average Bonchev–Trinajstić information content (AvgIpc) is 2.76. The fraction of sp³-hybridized carbons (Fsp3) is 0.923. The molecule has 2 aliphatic rings. The minimum absolute atomic E-state index is 0.532. The molecule has 0 aromatic rings. The van der Waals surface area contributed by atoms with Gasteiger partial charge in [0.05, 0.1) is 0 Å². The molecule has 2 fully saturated rings. The van der Waals surface area contributed by atoms with Crippen LogP contribution in [0.1, 0.15) is 58.3 Å². The number of fused-ring (bicyclic) bond motifs is 2. The van der Waals surface area contributed by atoms with Gasteiger partial charge < -0.3 is 0 Å². The monoisotopic (exact) mass is 194 g/mol. The molecule has 3 atom stereocenters. The van der Waals surface area contributed by atoms with Crippen molar-refractivity contribution in [3.05, 3.63) is 0 Å². The maximum atomic E-state index is 11.6. The molecule has 2 aliphatic carbocycles. The van der Waals surface area contributed by atoms with Gasteiger partial charge >= 0.3 is 0 Å². The molecule has 2 bridgehead atoms. The van der Waals surface area contributed by atoms with Crippen LogP contribution in [0.15, 0.2) is 0 Å². The van der Waals surface area contributed by atoms with Gasteiger partial charge in [-0.2, -0.15) is 0 Å². The first-order valence-corrected chi connectivity index (χ1v) is 6.31. The van der Waals surface area contributed by atoms with Crippen molar-refractivity contribution in [3.8, 4) is 0 Å². The number of rotatable bonds is 5. The van der Waals surface area contributed by atoms with Gasteiger partial charge in [0, 0.05) is 12.8 Å². The molecule has 0 N–H and O–H groups in total. The lowest BCUT2D eigenvalue weighted by molar-refractivity contribution is -0.120. The van der Waals surface area contributed by atoms with Crippen molar-refractivity contribution in [1.29, 1.82) is 0 Å². The van der Waals surface area contributed by atoms with E-state index in [-0.39, 0.29) is 0 Å². The third-order valence-corrected chi connectivity index (χ3v) is 4.18. The van der Waals surface area contributed by atoms with Gasteiger partial charge in [-0.05, 0) is 43.4 Å². The number of hydrogen-bond donors (Lipinski definition) is 0. The van der Waals surface area contributed by atoms with Gasteiger partial charge in [-0.15, -0.1) is 0 Å². The Kier molecular flexibility index (Phi) is 3.25. The normalized spacial score (nSPS) is 35.1. The molecule has 0 spiro atoms. The third kappa shape index (κ3) is 2.18. The van der Waals surface area contributed by atoms with Crippen molar-refractivity contribution in [3.63, 3.8) is 0 Å². The zero-order valence-corrected chi connectivity index (χ0v) is 9.30. The van der Waals surface area contributed by atoms with Crippen LogP contribution < -0.4 is 0 Å². The molecule has 14 heavy (non-hydrogen) atoms. The molecule has 0 radical (unpaired) electrons. The van der Waals surface area contributed by atoms with Gasteiger partial charge in [0.15, 0.2) is 0 Å². The summed E-state index contributed by atoms with van der Waals surface area (Å²) in [6, 6.07) is 0. The quantitative estimate of drug-likeness (QED) is 0.654. The summed E-state index contributed by atoms with van der Waals surface area (Å²) < 4.78 is 0. The fourth-order valence-corrected chi connectivity index (χ4v) is 3.39. The fourth-order valence-electron chi connectivity index (χ4n) is 3.39. The largest absolute Gasteiger partial charge is 0.300 e. The van der Waals surface area contributed by atoms with Crippen LogP contribution in [0.3, 0.4) is 0 Å². The Morgan fingerprint density at radius 3 is 2.71 bits per heavy atom. The molecule has 0 heterocycles. The van der Waals surface area contributed by atoms with Gasteiger partial charge in [-0.3, -0.25) is 4.79 Å². The standard InChI is InChI=1S/C13H22O/c1-2-3-4-13(14)9-12-8-10-5-6-11(12)7-10/h10-12H,2-9H2,1H3. The van der Waals surface area contributed by atoms with Crippen molar-refractivity contribution in [1.82, 2.24) is 0 Å². The van der Waals surface area contributed by atoms with Crippen molar-refractivity contribution >= 4 is 5.78 Å². The van der Waals surface area contributed by atoms with E-state index >= 15 is 0 Å².